The van der Waals surface area contributed by atoms with Crippen LogP contribution in [0.3, 0.4) is 0 Å². The van der Waals surface area contributed by atoms with E-state index in [0.29, 0.717) is 17.7 Å². The predicted octanol–water partition coefficient (Wildman–Crippen LogP) is 3.35. The van der Waals surface area contributed by atoms with E-state index in [1.54, 1.807) is 0 Å². The summed E-state index contributed by atoms with van der Waals surface area (Å²) in [5, 5.41) is 2.81. The number of hydrogen-bond donors (Lipinski definition) is 1. The number of rotatable bonds is 1. The Labute approximate surface area is 134 Å². The highest BCUT2D eigenvalue weighted by atomic mass is 19.4. The summed E-state index contributed by atoms with van der Waals surface area (Å²) in [6, 6.07) is 9.56. The summed E-state index contributed by atoms with van der Waals surface area (Å²) >= 11 is 0. The lowest BCUT2D eigenvalue weighted by Crippen LogP contribution is -2.21. The highest BCUT2D eigenvalue weighted by molar-refractivity contribution is 5.71. The van der Waals surface area contributed by atoms with Gasteiger partial charge in [0.15, 0.2) is 5.82 Å². The number of aromatic nitrogens is 3. The van der Waals surface area contributed by atoms with Gasteiger partial charge in [-0.2, -0.15) is 13.2 Å². The van der Waals surface area contributed by atoms with Crippen molar-refractivity contribution in [2.75, 3.05) is 0 Å². The molecule has 0 atom stereocenters. The summed E-state index contributed by atoms with van der Waals surface area (Å²) in [5.41, 5.74) is 1.39. The summed E-state index contributed by atoms with van der Waals surface area (Å²) in [4.78, 5) is 16.6. The van der Waals surface area contributed by atoms with Crippen molar-refractivity contribution in [3.63, 3.8) is 0 Å². The Morgan fingerprint density at radius 1 is 1.08 bits per heavy atom. The van der Waals surface area contributed by atoms with Crippen molar-refractivity contribution in [1.29, 1.82) is 0 Å². The second kappa shape index (κ2) is 5.09. The van der Waals surface area contributed by atoms with E-state index in [-0.39, 0.29) is 0 Å². The molecule has 2 aromatic heterocycles. The number of benzene rings is 1. The maximum absolute atomic E-state index is 13.2. The van der Waals surface area contributed by atoms with Crippen LogP contribution in [0, 0.1) is 0 Å². The molecule has 122 valence electrons. The van der Waals surface area contributed by atoms with Gasteiger partial charge in [-0.3, -0.25) is 9.89 Å². The summed E-state index contributed by atoms with van der Waals surface area (Å²) in [6.07, 6.45) is -2.04. The van der Waals surface area contributed by atoms with Crippen LogP contribution in [-0.2, 0) is 19.0 Å². The molecule has 0 amide bonds. The fourth-order valence-corrected chi connectivity index (χ4v) is 3.13. The van der Waals surface area contributed by atoms with Crippen molar-refractivity contribution in [2.45, 2.75) is 19.0 Å². The normalized spacial score (nSPS) is 13.5. The highest BCUT2D eigenvalue weighted by Gasteiger charge is 2.36. The van der Waals surface area contributed by atoms with E-state index in [4.69, 9.17) is 0 Å². The Morgan fingerprint density at radius 3 is 2.67 bits per heavy atom. The first-order valence-corrected chi connectivity index (χ1v) is 7.41. The first kappa shape index (κ1) is 14.7. The van der Waals surface area contributed by atoms with Gasteiger partial charge in [0.05, 0.1) is 5.56 Å². The minimum absolute atomic E-state index is 0.427. The fraction of sp³-hybridized carbons (Fsp3) is 0.176. The minimum Gasteiger partial charge on any atom is -0.293 e. The number of nitrogens with one attached hydrogen (secondary N) is 1. The van der Waals surface area contributed by atoms with Gasteiger partial charge in [0.2, 0.25) is 0 Å². The third-order valence-corrected chi connectivity index (χ3v) is 4.20. The molecule has 0 aliphatic heterocycles. The second-order valence-electron chi connectivity index (χ2n) is 5.64. The lowest BCUT2D eigenvalue weighted by Gasteiger charge is -2.13. The van der Waals surface area contributed by atoms with Crippen LogP contribution in [-0.4, -0.2) is 14.8 Å². The molecule has 1 aromatic carbocycles. The Balaban J connectivity index is 1.97. The molecule has 2 heterocycles. The molecular formula is C17H12F3N3O. The lowest BCUT2D eigenvalue weighted by atomic mass is 9.90. The molecule has 0 bridgehead atoms. The molecule has 0 saturated carbocycles. The molecule has 0 unspecified atom stereocenters. The monoisotopic (exact) mass is 331 g/mol. The van der Waals surface area contributed by atoms with Gasteiger partial charge < -0.3 is 0 Å². The molecule has 3 aromatic rings. The van der Waals surface area contributed by atoms with Crippen LogP contribution in [0.25, 0.3) is 16.9 Å². The molecule has 7 heteroatoms. The first-order valence-electron chi connectivity index (χ1n) is 7.41. The van der Waals surface area contributed by atoms with Gasteiger partial charge in [-0.05, 0) is 36.1 Å². The Morgan fingerprint density at radius 2 is 1.88 bits per heavy atom. The van der Waals surface area contributed by atoms with E-state index >= 15 is 0 Å². The third kappa shape index (κ3) is 2.16. The Hall–Kier alpha value is -2.83. The molecule has 24 heavy (non-hydrogen) atoms. The summed E-state index contributed by atoms with van der Waals surface area (Å²) in [5.74, 6) is -0.429. The number of aryl methyl sites for hydroxylation is 2. The molecule has 4 nitrogen and oxygen atoms in total. The smallest absolute Gasteiger partial charge is 0.293 e. The van der Waals surface area contributed by atoms with Gasteiger partial charge in [0.25, 0.3) is 5.56 Å². The molecule has 1 aliphatic rings. The largest absolute Gasteiger partial charge is 0.420 e. The number of halogens is 3. The van der Waals surface area contributed by atoms with Crippen LogP contribution >= 0.6 is 0 Å². The molecule has 1 aliphatic carbocycles. The number of alkyl halides is 3. The lowest BCUT2D eigenvalue weighted by molar-refractivity contribution is -0.137. The van der Waals surface area contributed by atoms with Crippen molar-refractivity contribution >= 4 is 0 Å². The van der Waals surface area contributed by atoms with Crippen molar-refractivity contribution in [3.8, 4) is 16.9 Å². The zero-order valence-corrected chi connectivity index (χ0v) is 12.4. The average Bonchev–Trinajstić information content (AvgIpc) is 2.91. The van der Waals surface area contributed by atoms with Gasteiger partial charge in [0, 0.05) is 11.9 Å². The number of nitrogens with zero attached hydrogens (tertiary/aromatic N) is 2. The van der Waals surface area contributed by atoms with E-state index < -0.39 is 23.1 Å². The molecular weight excluding hydrogens is 319 g/mol. The van der Waals surface area contributed by atoms with Gasteiger partial charge in [0.1, 0.15) is 5.56 Å². The molecule has 0 saturated heterocycles. The Bertz CT molecular complexity index is 985. The molecule has 4 rings (SSSR count). The van der Waals surface area contributed by atoms with Crippen LogP contribution in [0.15, 0.2) is 47.4 Å². The van der Waals surface area contributed by atoms with Crippen LogP contribution in [0.4, 0.5) is 13.2 Å². The van der Waals surface area contributed by atoms with Crippen LogP contribution in [0.5, 0.6) is 0 Å². The minimum atomic E-state index is -4.59. The quantitative estimate of drug-likeness (QED) is 0.743. The topological polar surface area (TPSA) is 50.7 Å². The van der Waals surface area contributed by atoms with Crippen molar-refractivity contribution in [3.05, 3.63) is 69.8 Å². The van der Waals surface area contributed by atoms with E-state index in [9.17, 15) is 18.0 Å². The van der Waals surface area contributed by atoms with Gasteiger partial charge >= 0.3 is 6.18 Å². The molecule has 0 radical (unpaired) electrons. The van der Waals surface area contributed by atoms with Crippen LogP contribution in [0.2, 0.25) is 0 Å². The molecule has 0 fully saturated rings. The van der Waals surface area contributed by atoms with Gasteiger partial charge in [-0.25, -0.2) is 9.67 Å². The van der Waals surface area contributed by atoms with E-state index in [1.165, 1.54) is 12.3 Å². The van der Waals surface area contributed by atoms with Crippen LogP contribution < -0.4 is 5.56 Å². The molecule has 0 spiro atoms. The van der Waals surface area contributed by atoms with Gasteiger partial charge in [-0.15, -0.1) is 0 Å². The number of H-pyrrole nitrogens is 1. The third-order valence-electron chi connectivity index (χ3n) is 4.20. The SMILES string of the molecule is O=c1c2c([nH]n1-c1ncccc1C(F)(F)F)CCc1ccccc1-2. The maximum atomic E-state index is 13.2. The zero-order valence-electron chi connectivity index (χ0n) is 12.4. The predicted molar refractivity (Wildman–Crippen MR) is 82.0 cm³/mol. The van der Waals surface area contributed by atoms with E-state index in [0.717, 1.165) is 28.3 Å². The first-order chi connectivity index (χ1) is 11.5. The average molecular weight is 331 g/mol. The van der Waals surface area contributed by atoms with Crippen molar-refractivity contribution in [2.24, 2.45) is 0 Å². The zero-order chi connectivity index (χ0) is 16.9. The second-order valence-corrected chi connectivity index (χ2v) is 5.64. The maximum Gasteiger partial charge on any atom is 0.420 e. The van der Waals surface area contributed by atoms with E-state index in [1.807, 2.05) is 24.3 Å². The number of pyridine rings is 1. The number of fused-ring (bicyclic) bond motifs is 3. The number of aromatic amines is 1. The fourth-order valence-electron chi connectivity index (χ4n) is 3.13. The molecule has 1 N–H and O–H groups in total. The summed E-state index contributed by atoms with van der Waals surface area (Å²) < 4.78 is 40.6. The van der Waals surface area contributed by atoms with Crippen molar-refractivity contribution < 1.29 is 13.2 Å². The summed E-state index contributed by atoms with van der Waals surface area (Å²) in [7, 11) is 0. The van der Waals surface area contributed by atoms with Gasteiger partial charge in [-0.1, -0.05) is 24.3 Å². The highest BCUT2D eigenvalue weighted by Crippen LogP contribution is 2.34. The number of hydrogen-bond acceptors (Lipinski definition) is 2. The van der Waals surface area contributed by atoms with E-state index in [2.05, 4.69) is 10.1 Å². The van der Waals surface area contributed by atoms with Crippen molar-refractivity contribution in [1.82, 2.24) is 14.8 Å². The van der Waals surface area contributed by atoms with Crippen LogP contribution in [0.1, 0.15) is 16.8 Å². The standard InChI is InChI=1S/C17H12F3N3O/c18-17(19,20)12-6-3-9-21-15(12)23-16(24)14-11-5-2-1-4-10(11)7-8-13(14)22-23/h1-6,9,22H,7-8H2. The summed E-state index contributed by atoms with van der Waals surface area (Å²) in [6.45, 7) is 0. The Kier molecular flexibility index (Phi) is 3.13.